The van der Waals surface area contributed by atoms with Crippen molar-refractivity contribution in [1.82, 2.24) is 18.6 Å². The van der Waals surface area contributed by atoms with Crippen LogP contribution in [0.1, 0.15) is 18.7 Å². The van der Waals surface area contributed by atoms with E-state index in [1.165, 1.54) is 4.31 Å². The normalized spacial score (nSPS) is 18.0. The highest BCUT2D eigenvalue weighted by Gasteiger charge is 2.30. The van der Waals surface area contributed by atoms with E-state index in [1.807, 2.05) is 11.6 Å². The zero-order chi connectivity index (χ0) is 15.5. The van der Waals surface area contributed by atoms with Gasteiger partial charge in [-0.1, -0.05) is 0 Å². The number of carbonyl (C=O) groups is 1. The van der Waals surface area contributed by atoms with Crippen LogP contribution < -0.4 is 4.72 Å². The molecule has 1 aromatic heterocycles. The van der Waals surface area contributed by atoms with Crippen LogP contribution in [-0.2, 0) is 28.5 Å². The van der Waals surface area contributed by atoms with Gasteiger partial charge < -0.3 is 9.67 Å². The van der Waals surface area contributed by atoms with Gasteiger partial charge in [-0.05, 0) is 12.8 Å². The Morgan fingerprint density at radius 1 is 1.48 bits per heavy atom. The van der Waals surface area contributed by atoms with E-state index in [-0.39, 0.29) is 19.6 Å². The van der Waals surface area contributed by atoms with Crippen molar-refractivity contribution in [3.63, 3.8) is 0 Å². The molecule has 0 atom stereocenters. The summed E-state index contributed by atoms with van der Waals surface area (Å²) >= 11 is 0. The van der Waals surface area contributed by atoms with Crippen molar-refractivity contribution in [2.24, 2.45) is 13.0 Å². The van der Waals surface area contributed by atoms with Crippen molar-refractivity contribution in [2.45, 2.75) is 19.3 Å². The lowest BCUT2D eigenvalue weighted by Crippen LogP contribution is -2.46. The number of nitrogens with zero attached hydrogens (tertiary/aromatic N) is 3. The molecule has 118 valence electrons. The predicted molar refractivity (Wildman–Crippen MR) is 75.8 cm³/mol. The maximum Gasteiger partial charge on any atom is 0.306 e. The molecule has 1 aliphatic heterocycles. The van der Waals surface area contributed by atoms with E-state index in [9.17, 15) is 13.2 Å². The first-order valence-corrected chi connectivity index (χ1v) is 8.28. The first kappa shape index (κ1) is 15.9. The molecule has 0 aliphatic carbocycles. The van der Waals surface area contributed by atoms with Gasteiger partial charge in [-0.3, -0.25) is 4.79 Å². The molecule has 1 aromatic rings. The minimum absolute atomic E-state index is 0.245. The molecular formula is C12H20N4O4S. The van der Waals surface area contributed by atoms with E-state index >= 15 is 0 Å². The van der Waals surface area contributed by atoms with Crippen molar-refractivity contribution in [2.75, 3.05) is 19.6 Å². The Labute approximate surface area is 124 Å². The Balaban J connectivity index is 1.82. The smallest absolute Gasteiger partial charge is 0.306 e. The van der Waals surface area contributed by atoms with Crippen LogP contribution in [0.25, 0.3) is 0 Å². The first-order chi connectivity index (χ1) is 9.90. The summed E-state index contributed by atoms with van der Waals surface area (Å²) in [5.41, 5.74) is 0. The fourth-order valence-corrected chi connectivity index (χ4v) is 3.60. The van der Waals surface area contributed by atoms with Crippen LogP contribution in [0, 0.1) is 5.92 Å². The SMILES string of the molecule is Cn1ccnc1CCNS(=O)(=O)N1CCC(C(=O)O)CC1. The second-order valence-electron chi connectivity index (χ2n) is 5.12. The second kappa shape index (κ2) is 6.54. The number of piperidine rings is 1. The van der Waals surface area contributed by atoms with Crippen molar-refractivity contribution in [3.8, 4) is 0 Å². The van der Waals surface area contributed by atoms with E-state index in [0.717, 1.165) is 5.82 Å². The summed E-state index contributed by atoms with van der Waals surface area (Å²) in [4.78, 5) is 15.0. The van der Waals surface area contributed by atoms with Gasteiger partial charge in [0.2, 0.25) is 0 Å². The molecule has 0 bridgehead atoms. The topological polar surface area (TPSA) is 105 Å². The van der Waals surface area contributed by atoms with Gasteiger partial charge in [0, 0.05) is 45.5 Å². The molecule has 0 amide bonds. The molecule has 0 radical (unpaired) electrons. The van der Waals surface area contributed by atoms with Crippen LogP contribution in [0.3, 0.4) is 0 Å². The van der Waals surface area contributed by atoms with Gasteiger partial charge in [0.05, 0.1) is 5.92 Å². The fourth-order valence-electron chi connectivity index (χ4n) is 2.36. The molecule has 2 N–H and O–H groups in total. The highest BCUT2D eigenvalue weighted by Crippen LogP contribution is 2.19. The van der Waals surface area contributed by atoms with Gasteiger partial charge in [0.25, 0.3) is 10.2 Å². The van der Waals surface area contributed by atoms with Crippen LogP contribution in [-0.4, -0.2) is 53.0 Å². The molecular weight excluding hydrogens is 296 g/mol. The molecule has 1 aliphatic rings. The number of imidazole rings is 1. The maximum absolute atomic E-state index is 12.1. The summed E-state index contributed by atoms with van der Waals surface area (Å²) in [5.74, 6) is -0.485. The zero-order valence-electron chi connectivity index (χ0n) is 11.9. The molecule has 0 aromatic carbocycles. The zero-order valence-corrected chi connectivity index (χ0v) is 12.7. The molecule has 21 heavy (non-hydrogen) atoms. The van der Waals surface area contributed by atoms with Crippen LogP contribution >= 0.6 is 0 Å². The average molecular weight is 316 g/mol. The second-order valence-corrected chi connectivity index (χ2v) is 6.87. The molecule has 0 unspecified atom stereocenters. The summed E-state index contributed by atoms with van der Waals surface area (Å²) in [6.07, 6.45) is 4.69. The number of hydrogen-bond acceptors (Lipinski definition) is 4. The van der Waals surface area contributed by atoms with Crippen LogP contribution in [0.5, 0.6) is 0 Å². The number of nitrogens with one attached hydrogen (secondary N) is 1. The Morgan fingerprint density at radius 2 is 2.14 bits per heavy atom. The van der Waals surface area contributed by atoms with E-state index in [4.69, 9.17) is 5.11 Å². The average Bonchev–Trinajstić information content (AvgIpc) is 2.84. The van der Waals surface area contributed by atoms with Gasteiger partial charge in [-0.2, -0.15) is 12.7 Å². The molecule has 2 rings (SSSR count). The number of carboxylic acid groups (broad SMARTS) is 1. The third kappa shape index (κ3) is 4.02. The lowest BCUT2D eigenvalue weighted by atomic mass is 9.99. The number of hydrogen-bond donors (Lipinski definition) is 2. The lowest BCUT2D eigenvalue weighted by molar-refractivity contribution is -0.142. The largest absolute Gasteiger partial charge is 0.481 e. The molecule has 9 heteroatoms. The summed E-state index contributed by atoms with van der Waals surface area (Å²) < 4.78 is 29.9. The minimum Gasteiger partial charge on any atom is -0.481 e. The minimum atomic E-state index is -3.55. The Morgan fingerprint density at radius 3 is 2.67 bits per heavy atom. The maximum atomic E-state index is 12.1. The number of aromatic nitrogens is 2. The summed E-state index contributed by atoms with van der Waals surface area (Å²) in [6.45, 7) is 0.759. The van der Waals surface area contributed by atoms with E-state index < -0.39 is 22.1 Å². The highest BCUT2D eigenvalue weighted by atomic mass is 32.2. The van der Waals surface area contributed by atoms with Crippen LogP contribution in [0.4, 0.5) is 0 Å². The van der Waals surface area contributed by atoms with Gasteiger partial charge in [0.1, 0.15) is 5.82 Å². The van der Waals surface area contributed by atoms with Gasteiger partial charge in [0.15, 0.2) is 0 Å². The monoisotopic (exact) mass is 316 g/mol. The number of carboxylic acids is 1. The quantitative estimate of drug-likeness (QED) is 0.742. The molecule has 0 saturated carbocycles. The van der Waals surface area contributed by atoms with Crippen molar-refractivity contribution in [1.29, 1.82) is 0 Å². The van der Waals surface area contributed by atoms with E-state index in [2.05, 4.69) is 9.71 Å². The standard InChI is InChI=1S/C12H20N4O4S/c1-15-9-6-13-11(15)2-5-14-21(19,20)16-7-3-10(4-8-16)12(17)18/h6,9-10,14H,2-5,7-8H2,1H3,(H,17,18). The molecule has 1 saturated heterocycles. The third-order valence-corrected chi connectivity index (χ3v) is 5.31. The van der Waals surface area contributed by atoms with Crippen molar-refractivity contribution >= 4 is 16.2 Å². The Kier molecular flexibility index (Phi) is 4.96. The number of rotatable bonds is 6. The van der Waals surface area contributed by atoms with Gasteiger partial charge in [-0.25, -0.2) is 9.71 Å². The van der Waals surface area contributed by atoms with Gasteiger partial charge >= 0.3 is 5.97 Å². The first-order valence-electron chi connectivity index (χ1n) is 6.84. The van der Waals surface area contributed by atoms with Crippen LogP contribution in [0.2, 0.25) is 0 Å². The van der Waals surface area contributed by atoms with Gasteiger partial charge in [-0.15, -0.1) is 0 Å². The number of aryl methyl sites for hydroxylation is 1. The van der Waals surface area contributed by atoms with E-state index in [1.54, 1.807) is 12.4 Å². The predicted octanol–water partition coefficient (Wildman–Crippen LogP) is -0.406. The molecule has 1 fully saturated rings. The van der Waals surface area contributed by atoms with Crippen molar-refractivity contribution < 1.29 is 18.3 Å². The summed E-state index contributed by atoms with van der Waals surface area (Å²) in [6, 6.07) is 0. The lowest BCUT2D eigenvalue weighted by Gasteiger charge is -2.29. The Bertz CT molecular complexity index is 590. The Hall–Kier alpha value is -1.45. The molecule has 2 heterocycles. The summed E-state index contributed by atoms with van der Waals surface area (Å²) in [7, 11) is -1.69. The van der Waals surface area contributed by atoms with E-state index in [0.29, 0.717) is 19.3 Å². The molecule has 8 nitrogen and oxygen atoms in total. The fraction of sp³-hybridized carbons (Fsp3) is 0.667. The van der Waals surface area contributed by atoms with Crippen LogP contribution in [0.15, 0.2) is 12.4 Å². The summed E-state index contributed by atoms with van der Waals surface area (Å²) in [5, 5.41) is 8.91. The highest BCUT2D eigenvalue weighted by molar-refractivity contribution is 7.87. The molecule has 0 spiro atoms. The number of aliphatic carboxylic acids is 1. The third-order valence-electron chi connectivity index (χ3n) is 3.70. The van der Waals surface area contributed by atoms with Crippen molar-refractivity contribution in [3.05, 3.63) is 18.2 Å².